The van der Waals surface area contributed by atoms with E-state index in [9.17, 15) is 14.4 Å². The van der Waals surface area contributed by atoms with Gasteiger partial charge in [-0.1, -0.05) is 6.58 Å². The van der Waals surface area contributed by atoms with E-state index >= 15 is 0 Å². The predicted molar refractivity (Wildman–Crippen MR) is 116 cm³/mol. The molecule has 0 radical (unpaired) electrons. The number of hydrogen-bond acceptors (Lipinski definition) is 12. The Balaban J connectivity index is 1.84. The van der Waals surface area contributed by atoms with Crippen LogP contribution in [0.2, 0.25) is 0 Å². The molecule has 3 heterocycles. The van der Waals surface area contributed by atoms with Gasteiger partial charge in [0.2, 0.25) is 0 Å². The lowest BCUT2D eigenvalue weighted by Crippen LogP contribution is -2.46. The smallest absolute Gasteiger partial charge is 0.303 e. The maximum absolute atomic E-state index is 11.9. The fourth-order valence-corrected chi connectivity index (χ4v) is 4.48. The molecule has 0 spiro atoms. The van der Waals surface area contributed by atoms with Crippen molar-refractivity contribution in [2.75, 3.05) is 20.5 Å². The van der Waals surface area contributed by atoms with Gasteiger partial charge in [0, 0.05) is 34.3 Å². The first-order chi connectivity index (χ1) is 16.4. The third kappa shape index (κ3) is 6.78. The van der Waals surface area contributed by atoms with Crippen LogP contribution < -0.4 is 0 Å². The van der Waals surface area contributed by atoms with E-state index in [1.54, 1.807) is 13.8 Å². The molecule has 0 saturated carbocycles. The molecular weight excluding hydrogens is 468 g/mol. The van der Waals surface area contributed by atoms with Crippen LogP contribution in [0.4, 0.5) is 0 Å². The molecule has 3 aliphatic rings. The highest BCUT2D eigenvalue weighted by Crippen LogP contribution is 2.41. The maximum Gasteiger partial charge on any atom is 0.303 e. The molecule has 8 atom stereocenters. The Morgan fingerprint density at radius 3 is 2.26 bits per heavy atom. The summed E-state index contributed by atoms with van der Waals surface area (Å²) in [6.07, 6.45) is -6.23. The normalized spacial score (nSPS) is 36.2. The Hall–Kier alpha value is -2.09. The van der Waals surface area contributed by atoms with E-state index in [0.717, 1.165) is 0 Å². The molecule has 0 amide bonds. The van der Waals surface area contributed by atoms with Gasteiger partial charge in [-0.25, -0.2) is 0 Å². The molecule has 12 nitrogen and oxygen atoms in total. The molecule has 0 bridgehead atoms. The molecule has 0 unspecified atom stereocenters. The second kappa shape index (κ2) is 11.3. The minimum absolute atomic E-state index is 0.0761. The van der Waals surface area contributed by atoms with Gasteiger partial charge in [-0.2, -0.15) is 0 Å². The van der Waals surface area contributed by atoms with E-state index in [-0.39, 0.29) is 19.8 Å². The first-order valence-electron chi connectivity index (χ1n) is 11.4. The number of methoxy groups -OCH3 is 1. The third-order valence-corrected chi connectivity index (χ3v) is 5.73. The zero-order valence-electron chi connectivity index (χ0n) is 20.8. The number of esters is 3. The molecule has 3 fully saturated rings. The van der Waals surface area contributed by atoms with Crippen LogP contribution in [0.5, 0.6) is 0 Å². The van der Waals surface area contributed by atoms with Gasteiger partial charge in [-0.15, -0.1) is 0 Å². The minimum Gasteiger partial charge on any atom is -0.457 e. The van der Waals surface area contributed by atoms with E-state index in [4.69, 9.17) is 42.6 Å². The van der Waals surface area contributed by atoms with Gasteiger partial charge in [0.1, 0.15) is 19.0 Å². The van der Waals surface area contributed by atoms with Crippen LogP contribution in [-0.4, -0.2) is 93.2 Å². The van der Waals surface area contributed by atoms with Crippen LogP contribution in [0, 0.1) is 0 Å². The van der Waals surface area contributed by atoms with Crippen LogP contribution in [-0.2, 0) is 57.0 Å². The average Bonchev–Trinajstić information content (AvgIpc) is 3.16. The highest BCUT2D eigenvalue weighted by atomic mass is 16.8. The summed E-state index contributed by atoms with van der Waals surface area (Å²) in [4.78, 5) is 35.5. The Morgan fingerprint density at radius 1 is 1.00 bits per heavy atom. The second-order valence-electron chi connectivity index (χ2n) is 9.07. The summed E-state index contributed by atoms with van der Waals surface area (Å²) in [5.74, 6) is -2.55. The number of carbonyl (C=O) groups excluding carboxylic acids is 3. The molecule has 0 aromatic rings. The van der Waals surface area contributed by atoms with Gasteiger partial charge < -0.3 is 42.6 Å². The van der Waals surface area contributed by atoms with E-state index in [2.05, 4.69) is 6.58 Å². The summed E-state index contributed by atoms with van der Waals surface area (Å²) in [7, 11) is 1.43. The van der Waals surface area contributed by atoms with Gasteiger partial charge in [0.15, 0.2) is 36.5 Å². The molecule has 3 rings (SSSR count). The molecule has 0 aliphatic carbocycles. The van der Waals surface area contributed by atoms with E-state index in [1.807, 2.05) is 0 Å². The lowest BCUT2D eigenvalue weighted by atomic mass is 9.94. The van der Waals surface area contributed by atoms with Crippen molar-refractivity contribution in [1.82, 2.24) is 0 Å². The predicted octanol–water partition coefficient (Wildman–Crippen LogP) is 0.992. The molecule has 0 N–H and O–H groups in total. The number of hydrogen-bond donors (Lipinski definition) is 0. The van der Waals surface area contributed by atoms with E-state index < -0.39 is 72.7 Å². The number of rotatable bonds is 8. The lowest BCUT2D eigenvalue weighted by molar-refractivity contribution is -0.221. The highest BCUT2D eigenvalue weighted by molar-refractivity contribution is 5.67. The zero-order chi connectivity index (χ0) is 25.9. The van der Waals surface area contributed by atoms with Gasteiger partial charge in [-0.3, -0.25) is 14.4 Å². The summed E-state index contributed by atoms with van der Waals surface area (Å²) in [5, 5.41) is 0. The van der Waals surface area contributed by atoms with Gasteiger partial charge >= 0.3 is 17.9 Å². The highest BCUT2D eigenvalue weighted by Gasteiger charge is 2.57. The number of ether oxygens (including phenoxy) is 9. The first-order valence-corrected chi connectivity index (χ1v) is 11.4. The van der Waals surface area contributed by atoms with Crippen molar-refractivity contribution in [1.29, 1.82) is 0 Å². The molecule has 3 saturated heterocycles. The fourth-order valence-electron chi connectivity index (χ4n) is 4.48. The topological polar surface area (TPSA) is 134 Å². The standard InChI is InChI=1S/C23H34O12/c1-11-15(8-16-20(32-14(4)26)21-22(33-16)35-23(5,6)34-21)28-9-17(30-12(2)24)19(29-10-27-7)18(11)31-13(3)25/h15-22H,1,8-10H2,2-7H3/t15-,16-,17+,18-,19-,20+,21-,22-/m1/s1. The number of carbonyl (C=O) groups is 3. The minimum atomic E-state index is -1.01. The van der Waals surface area contributed by atoms with Crippen LogP contribution in [0.25, 0.3) is 0 Å². The van der Waals surface area contributed by atoms with Crippen molar-refractivity contribution in [3.63, 3.8) is 0 Å². The molecule has 12 heteroatoms. The van der Waals surface area contributed by atoms with Crippen LogP contribution in [0.1, 0.15) is 41.0 Å². The summed E-state index contributed by atoms with van der Waals surface area (Å²) >= 11 is 0. The van der Waals surface area contributed by atoms with Crippen molar-refractivity contribution >= 4 is 17.9 Å². The summed E-state index contributed by atoms with van der Waals surface area (Å²) in [6, 6.07) is 0. The molecule has 3 aliphatic heterocycles. The molecule has 0 aromatic heterocycles. The Bertz CT molecular complexity index is 810. The van der Waals surface area contributed by atoms with Crippen molar-refractivity contribution in [2.45, 2.75) is 95.8 Å². The summed E-state index contributed by atoms with van der Waals surface area (Å²) < 4.78 is 51.0. The van der Waals surface area contributed by atoms with Gasteiger partial charge in [0.25, 0.3) is 0 Å². The van der Waals surface area contributed by atoms with Crippen LogP contribution in [0.3, 0.4) is 0 Å². The van der Waals surface area contributed by atoms with Gasteiger partial charge in [-0.05, 0) is 19.4 Å². The third-order valence-electron chi connectivity index (χ3n) is 5.73. The van der Waals surface area contributed by atoms with Gasteiger partial charge in [0.05, 0.1) is 12.7 Å². The summed E-state index contributed by atoms with van der Waals surface area (Å²) in [6.45, 7) is 11.1. The molecule has 198 valence electrons. The summed E-state index contributed by atoms with van der Waals surface area (Å²) in [5.41, 5.74) is 0.361. The quantitative estimate of drug-likeness (QED) is 0.203. The maximum atomic E-state index is 11.9. The van der Waals surface area contributed by atoms with Crippen molar-refractivity contribution < 1.29 is 57.0 Å². The lowest BCUT2D eigenvalue weighted by Gasteiger charge is -2.31. The average molecular weight is 503 g/mol. The Labute approximate surface area is 204 Å². The second-order valence-corrected chi connectivity index (χ2v) is 9.07. The van der Waals surface area contributed by atoms with E-state index in [1.165, 1.54) is 27.9 Å². The fraction of sp³-hybridized carbons (Fsp3) is 0.783. The SMILES string of the molecule is C=C1[C@@H](OC(C)=O)[C@H](OCOC)[C@@H](OC(C)=O)CO[C@@H]1C[C@H]1O[C@@H]2OC(C)(C)O[C@@H]2[C@H]1OC(C)=O. The molecule has 0 aromatic carbocycles. The van der Waals surface area contributed by atoms with E-state index in [0.29, 0.717) is 5.57 Å². The molecular formula is C23H34O12. The monoisotopic (exact) mass is 502 g/mol. The number of fused-ring (bicyclic) bond motifs is 1. The van der Waals surface area contributed by atoms with Crippen LogP contribution in [0.15, 0.2) is 12.2 Å². The first kappa shape index (κ1) is 27.5. The van der Waals surface area contributed by atoms with Crippen molar-refractivity contribution in [3.8, 4) is 0 Å². The van der Waals surface area contributed by atoms with Crippen molar-refractivity contribution in [3.05, 3.63) is 12.2 Å². The van der Waals surface area contributed by atoms with Crippen LogP contribution >= 0.6 is 0 Å². The zero-order valence-corrected chi connectivity index (χ0v) is 20.8. The Kier molecular flexibility index (Phi) is 8.89. The largest absolute Gasteiger partial charge is 0.457 e. The Morgan fingerprint density at radius 2 is 1.66 bits per heavy atom. The van der Waals surface area contributed by atoms with Crippen molar-refractivity contribution in [2.24, 2.45) is 0 Å². The molecule has 35 heavy (non-hydrogen) atoms.